The Morgan fingerprint density at radius 2 is 1.73 bits per heavy atom. The van der Waals surface area contributed by atoms with Gasteiger partial charge in [-0.25, -0.2) is 0 Å². The molecule has 0 bridgehead atoms. The van der Waals surface area contributed by atoms with E-state index < -0.39 is 11.7 Å². The number of nitrogens with one attached hydrogen (secondary N) is 1. The van der Waals surface area contributed by atoms with Crippen LogP contribution in [0.15, 0.2) is 0 Å². The lowest BCUT2D eigenvalue weighted by Crippen LogP contribution is -2.53. The van der Waals surface area contributed by atoms with Gasteiger partial charge in [0.15, 0.2) is 0 Å². The molecule has 0 aromatic heterocycles. The van der Waals surface area contributed by atoms with Crippen LogP contribution < -0.4 is 11.1 Å². The summed E-state index contributed by atoms with van der Waals surface area (Å²) in [5.41, 5.74) is 3.97. The molecule has 3 N–H and O–H groups in total. The van der Waals surface area contributed by atoms with Crippen LogP contribution in [0.1, 0.15) is 32.1 Å². The zero-order chi connectivity index (χ0) is 11.2. The molecule has 2 saturated carbocycles. The summed E-state index contributed by atoms with van der Waals surface area (Å²) < 4.78 is 37.8. The summed E-state index contributed by atoms with van der Waals surface area (Å²) in [6, 6.07) is 0. The molecule has 0 atom stereocenters. The van der Waals surface area contributed by atoms with Crippen molar-refractivity contribution in [1.29, 1.82) is 0 Å². The van der Waals surface area contributed by atoms with Crippen molar-refractivity contribution >= 4 is 0 Å². The molecule has 0 saturated heterocycles. The Kier molecular flexibility index (Phi) is 2.50. The number of hydrogen-bond acceptors (Lipinski definition) is 2. The van der Waals surface area contributed by atoms with E-state index in [9.17, 15) is 13.2 Å². The molecule has 0 heterocycles. The van der Waals surface area contributed by atoms with Crippen molar-refractivity contribution in [2.24, 2.45) is 11.1 Å². The lowest BCUT2D eigenvalue weighted by molar-refractivity contribution is -0.167. The highest BCUT2D eigenvalue weighted by molar-refractivity contribution is 5.09. The molecule has 5 heteroatoms. The summed E-state index contributed by atoms with van der Waals surface area (Å²) >= 11 is 0. The maximum Gasteiger partial charge on any atom is 0.406 e. The van der Waals surface area contributed by atoms with Crippen molar-refractivity contribution in [2.75, 3.05) is 13.1 Å². The van der Waals surface area contributed by atoms with Gasteiger partial charge in [-0.1, -0.05) is 6.42 Å². The van der Waals surface area contributed by atoms with Crippen LogP contribution >= 0.6 is 0 Å². The summed E-state index contributed by atoms with van der Waals surface area (Å²) in [5.74, 6) is 0. The first-order valence-corrected chi connectivity index (χ1v) is 5.45. The molecular weight excluding hydrogens is 205 g/mol. The first kappa shape index (κ1) is 11.2. The van der Waals surface area contributed by atoms with Crippen molar-refractivity contribution in [3.05, 3.63) is 0 Å². The zero-order valence-electron chi connectivity index (χ0n) is 8.66. The lowest BCUT2D eigenvalue weighted by atomic mass is 9.68. The van der Waals surface area contributed by atoms with Gasteiger partial charge >= 0.3 is 6.18 Å². The predicted molar refractivity (Wildman–Crippen MR) is 51.4 cm³/mol. The molecule has 0 unspecified atom stereocenters. The van der Waals surface area contributed by atoms with E-state index in [1.54, 1.807) is 0 Å². The SMILES string of the molecule is NCC1(CNC2(C(F)(F)F)CC2)CCC1. The lowest BCUT2D eigenvalue weighted by Gasteiger charge is -2.42. The van der Waals surface area contributed by atoms with E-state index in [4.69, 9.17) is 5.73 Å². The second-order valence-corrected chi connectivity index (χ2v) is 4.99. The number of halogens is 3. The van der Waals surface area contributed by atoms with E-state index in [0.29, 0.717) is 13.1 Å². The second kappa shape index (κ2) is 3.35. The standard InChI is InChI=1S/C10H17F3N2/c11-10(12,13)9(4-5-9)15-7-8(6-14)2-1-3-8/h15H,1-7,14H2. The first-order chi connectivity index (χ1) is 6.93. The van der Waals surface area contributed by atoms with E-state index in [1.807, 2.05) is 0 Å². The van der Waals surface area contributed by atoms with Crippen LogP contribution in [0.2, 0.25) is 0 Å². The van der Waals surface area contributed by atoms with Crippen molar-refractivity contribution in [1.82, 2.24) is 5.32 Å². The first-order valence-electron chi connectivity index (χ1n) is 5.45. The smallest absolute Gasteiger partial charge is 0.330 e. The van der Waals surface area contributed by atoms with E-state index in [2.05, 4.69) is 5.32 Å². The molecule has 2 nitrogen and oxygen atoms in total. The highest BCUT2D eigenvalue weighted by Gasteiger charge is 2.63. The van der Waals surface area contributed by atoms with Crippen LogP contribution in [-0.4, -0.2) is 24.8 Å². The Hall–Kier alpha value is -0.290. The van der Waals surface area contributed by atoms with Gasteiger partial charge in [0, 0.05) is 6.54 Å². The summed E-state index contributed by atoms with van der Waals surface area (Å²) in [7, 11) is 0. The summed E-state index contributed by atoms with van der Waals surface area (Å²) in [6.07, 6.45) is -0.645. The number of nitrogens with two attached hydrogens (primary N) is 1. The molecule has 0 aliphatic heterocycles. The number of rotatable bonds is 4. The van der Waals surface area contributed by atoms with Gasteiger partial charge in [-0.2, -0.15) is 13.2 Å². The monoisotopic (exact) mass is 222 g/mol. The van der Waals surface area contributed by atoms with Gasteiger partial charge in [0.05, 0.1) is 0 Å². The molecule has 2 fully saturated rings. The maximum atomic E-state index is 12.6. The van der Waals surface area contributed by atoms with Crippen LogP contribution in [0, 0.1) is 5.41 Å². The molecule has 0 amide bonds. The van der Waals surface area contributed by atoms with Crippen molar-refractivity contribution < 1.29 is 13.2 Å². The van der Waals surface area contributed by atoms with Gasteiger partial charge in [-0.05, 0) is 37.6 Å². The van der Waals surface area contributed by atoms with Crippen LogP contribution in [0.25, 0.3) is 0 Å². The fraction of sp³-hybridized carbons (Fsp3) is 1.00. The van der Waals surface area contributed by atoms with Crippen LogP contribution in [-0.2, 0) is 0 Å². The van der Waals surface area contributed by atoms with Gasteiger partial charge in [-0.3, -0.25) is 0 Å². The highest BCUT2D eigenvalue weighted by Crippen LogP contribution is 2.50. The largest absolute Gasteiger partial charge is 0.406 e. The Morgan fingerprint density at radius 1 is 1.13 bits per heavy atom. The van der Waals surface area contributed by atoms with Gasteiger partial charge in [0.25, 0.3) is 0 Å². The quantitative estimate of drug-likeness (QED) is 0.761. The molecule has 0 aromatic carbocycles. The molecule has 2 aliphatic carbocycles. The zero-order valence-corrected chi connectivity index (χ0v) is 8.66. The Bertz CT molecular complexity index is 236. The summed E-state index contributed by atoms with van der Waals surface area (Å²) in [5, 5.41) is 2.70. The molecule has 88 valence electrons. The fourth-order valence-corrected chi connectivity index (χ4v) is 2.17. The molecule has 2 aliphatic rings. The minimum atomic E-state index is -4.10. The molecular formula is C10H17F3N2. The van der Waals surface area contributed by atoms with Gasteiger partial charge in [0.1, 0.15) is 5.54 Å². The normalized spacial score (nSPS) is 27.2. The van der Waals surface area contributed by atoms with E-state index in [0.717, 1.165) is 19.3 Å². The van der Waals surface area contributed by atoms with Crippen molar-refractivity contribution in [2.45, 2.75) is 43.8 Å². The fourth-order valence-electron chi connectivity index (χ4n) is 2.17. The van der Waals surface area contributed by atoms with Gasteiger partial charge < -0.3 is 11.1 Å². The van der Waals surface area contributed by atoms with E-state index in [-0.39, 0.29) is 18.3 Å². The third-order valence-electron chi connectivity index (χ3n) is 3.94. The Labute approximate surface area is 87.4 Å². The topological polar surface area (TPSA) is 38.0 Å². The summed E-state index contributed by atoms with van der Waals surface area (Å²) in [4.78, 5) is 0. The molecule has 0 radical (unpaired) electrons. The van der Waals surface area contributed by atoms with Gasteiger partial charge in [0.2, 0.25) is 0 Å². The van der Waals surface area contributed by atoms with Crippen LogP contribution in [0.5, 0.6) is 0 Å². The predicted octanol–water partition coefficient (Wildman–Crippen LogP) is 1.80. The number of alkyl halides is 3. The molecule has 0 aromatic rings. The van der Waals surface area contributed by atoms with E-state index in [1.165, 1.54) is 0 Å². The molecule has 0 spiro atoms. The summed E-state index contributed by atoms with van der Waals surface area (Å²) in [6.45, 7) is 0.914. The van der Waals surface area contributed by atoms with Crippen LogP contribution in [0.4, 0.5) is 13.2 Å². The van der Waals surface area contributed by atoms with Crippen molar-refractivity contribution in [3.8, 4) is 0 Å². The number of hydrogen-bond donors (Lipinski definition) is 2. The third kappa shape index (κ3) is 1.87. The maximum absolute atomic E-state index is 12.6. The molecule has 2 rings (SSSR count). The van der Waals surface area contributed by atoms with Crippen molar-refractivity contribution in [3.63, 3.8) is 0 Å². The molecule has 15 heavy (non-hydrogen) atoms. The average molecular weight is 222 g/mol. The second-order valence-electron chi connectivity index (χ2n) is 4.99. The average Bonchev–Trinajstić information content (AvgIpc) is 2.82. The Balaban J connectivity index is 1.88. The van der Waals surface area contributed by atoms with Gasteiger partial charge in [-0.15, -0.1) is 0 Å². The minimum Gasteiger partial charge on any atom is -0.330 e. The van der Waals surface area contributed by atoms with E-state index >= 15 is 0 Å². The Morgan fingerprint density at radius 3 is 2.00 bits per heavy atom. The minimum absolute atomic E-state index is 0.0547. The van der Waals surface area contributed by atoms with Crippen LogP contribution in [0.3, 0.4) is 0 Å². The third-order valence-corrected chi connectivity index (χ3v) is 3.94. The highest BCUT2D eigenvalue weighted by atomic mass is 19.4.